The third kappa shape index (κ3) is 4.26. The first kappa shape index (κ1) is 10.3. The zero-order chi connectivity index (χ0) is 8.81. The summed E-state index contributed by atoms with van der Waals surface area (Å²) in [5.74, 6) is 0.871. The van der Waals surface area contributed by atoms with Gasteiger partial charge in [-0.3, -0.25) is 0 Å². The second kappa shape index (κ2) is 5.75. The first-order valence-corrected chi connectivity index (χ1v) is 6.70. The minimum Gasteiger partial charge on any atom is -0.565 e. The Morgan fingerprint density at radius 3 is 2.92 bits per heavy atom. The monoisotopic (exact) mass is 207 g/mol. The minimum absolute atomic E-state index is 0.413. The van der Waals surface area contributed by atoms with Crippen LogP contribution in [0.3, 0.4) is 0 Å². The van der Waals surface area contributed by atoms with Crippen molar-refractivity contribution in [1.82, 2.24) is 0 Å². The molecule has 70 valence electrons. The van der Waals surface area contributed by atoms with Crippen molar-refractivity contribution in [3.05, 3.63) is 0 Å². The lowest BCUT2D eigenvalue weighted by Crippen LogP contribution is -1.99. The van der Waals surface area contributed by atoms with Gasteiger partial charge in [-0.2, -0.15) is 0 Å². The van der Waals surface area contributed by atoms with Gasteiger partial charge in [-0.25, -0.2) is 0 Å². The normalized spacial score (nSPS) is 22.8. The van der Waals surface area contributed by atoms with Crippen LogP contribution in [0.25, 0.3) is 0 Å². The summed E-state index contributed by atoms with van der Waals surface area (Å²) in [6.07, 6.45) is 5.02. The number of carbonyl (C=O) groups excluding carboxylic acids is 1. The van der Waals surface area contributed by atoms with Crippen LogP contribution < -0.4 is 0 Å². The molecule has 0 spiro atoms. The fourth-order valence-corrected chi connectivity index (χ4v) is 4.25. The Balaban J connectivity index is 1.91. The van der Waals surface area contributed by atoms with Crippen molar-refractivity contribution in [3.8, 4) is 0 Å². The van der Waals surface area contributed by atoms with Crippen molar-refractivity contribution in [3.63, 3.8) is 0 Å². The Hall–Kier alpha value is 0.170. The van der Waals surface area contributed by atoms with E-state index in [1.165, 1.54) is 18.6 Å². The van der Waals surface area contributed by atoms with E-state index < -0.39 is 5.97 Å². The largest absolute Gasteiger partial charge is 0.565 e. The Bertz CT molecular complexity index is 144. The van der Waals surface area contributed by atoms with Crippen molar-refractivity contribution in [2.24, 2.45) is 0 Å². The third-order valence-electron chi connectivity index (χ3n) is 1.91. The second-order valence-corrected chi connectivity index (χ2v) is 5.79. The van der Waals surface area contributed by atoms with Crippen LogP contribution in [-0.4, -0.2) is 22.1 Å². The van der Waals surface area contributed by atoms with Gasteiger partial charge in [0.15, 0.2) is 0 Å². The van der Waals surface area contributed by atoms with Crippen LogP contribution in [0.1, 0.15) is 32.1 Å². The van der Waals surface area contributed by atoms with E-state index in [0.29, 0.717) is 6.42 Å². The highest BCUT2D eigenvalue weighted by molar-refractivity contribution is 8.77. The summed E-state index contributed by atoms with van der Waals surface area (Å²) in [4.78, 5) is 10.3. The molecule has 0 amide bonds. The van der Waals surface area contributed by atoms with Crippen LogP contribution in [0.2, 0.25) is 0 Å². The molecular formula is C8H15O2S2+. The van der Waals surface area contributed by atoms with Crippen molar-refractivity contribution in [2.45, 2.75) is 37.4 Å². The van der Waals surface area contributed by atoms with Crippen molar-refractivity contribution in [1.29, 1.82) is 0 Å². The molecule has 0 aromatic carbocycles. The van der Waals surface area contributed by atoms with Crippen LogP contribution in [0, 0.1) is 0 Å². The van der Waals surface area contributed by atoms with Gasteiger partial charge in [0, 0.05) is 15.8 Å². The summed E-state index contributed by atoms with van der Waals surface area (Å²) in [6, 6.07) is 0. The van der Waals surface area contributed by atoms with Gasteiger partial charge in [-0.15, -0.1) is 0 Å². The van der Waals surface area contributed by atoms with Crippen molar-refractivity contribution >= 4 is 27.6 Å². The molecule has 1 atom stereocenters. The first-order chi connectivity index (χ1) is 5.79. The SMILES string of the molecule is O=C([OH2+])CCCCC1CCSS1. The zero-order valence-corrected chi connectivity index (χ0v) is 8.68. The standard InChI is InChI=1S/C8H14O2S2/c9-8(10)4-2-1-3-7-5-6-11-12-7/h7H,1-6H2,(H,9,10)/p+1. The van der Waals surface area contributed by atoms with Gasteiger partial charge in [0.05, 0.1) is 0 Å². The molecule has 1 heterocycles. The predicted molar refractivity (Wildman–Crippen MR) is 55.5 cm³/mol. The Morgan fingerprint density at radius 2 is 2.33 bits per heavy atom. The van der Waals surface area contributed by atoms with Gasteiger partial charge < -0.3 is 5.11 Å². The van der Waals surface area contributed by atoms with E-state index in [9.17, 15) is 4.79 Å². The van der Waals surface area contributed by atoms with Crippen molar-refractivity contribution < 1.29 is 9.90 Å². The van der Waals surface area contributed by atoms with Gasteiger partial charge in [-0.1, -0.05) is 28.0 Å². The highest BCUT2D eigenvalue weighted by atomic mass is 33.1. The average Bonchev–Trinajstić information content (AvgIpc) is 2.49. The molecule has 1 unspecified atom stereocenters. The molecule has 1 saturated heterocycles. The second-order valence-electron chi connectivity index (χ2n) is 3.00. The van der Waals surface area contributed by atoms with Crippen LogP contribution >= 0.6 is 21.6 Å². The van der Waals surface area contributed by atoms with Gasteiger partial charge in [0.1, 0.15) is 6.42 Å². The maximum Gasteiger partial charge on any atom is 0.515 e. The first-order valence-electron chi connectivity index (χ1n) is 4.32. The average molecular weight is 207 g/mol. The topological polar surface area (TPSA) is 40.0 Å². The van der Waals surface area contributed by atoms with Crippen LogP contribution in [0.4, 0.5) is 0 Å². The van der Waals surface area contributed by atoms with Crippen LogP contribution in [-0.2, 0) is 4.79 Å². The van der Waals surface area contributed by atoms with Crippen molar-refractivity contribution in [2.75, 3.05) is 5.75 Å². The van der Waals surface area contributed by atoms with E-state index in [-0.39, 0.29) is 0 Å². The molecule has 0 bridgehead atoms. The number of hydrogen-bond acceptors (Lipinski definition) is 3. The molecule has 1 aliphatic rings. The van der Waals surface area contributed by atoms with E-state index >= 15 is 0 Å². The van der Waals surface area contributed by atoms with Crippen LogP contribution in [0.5, 0.6) is 0 Å². The molecule has 2 nitrogen and oxygen atoms in total. The Labute approximate surface area is 80.9 Å². The minimum atomic E-state index is -0.413. The molecule has 1 aliphatic heterocycles. The maximum atomic E-state index is 10.3. The number of carbonyl (C=O) groups is 1. The van der Waals surface area contributed by atoms with E-state index in [0.717, 1.165) is 18.1 Å². The number of unbranched alkanes of at least 4 members (excludes halogenated alkanes) is 1. The number of rotatable bonds is 5. The highest BCUT2D eigenvalue weighted by Crippen LogP contribution is 2.39. The summed E-state index contributed by atoms with van der Waals surface area (Å²) in [5, 5.41) is 7.53. The third-order valence-corrected chi connectivity index (χ3v) is 4.91. The molecule has 0 aromatic rings. The van der Waals surface area contributed by atoms with Gasteiger partial charge in [0.2, 0.25) is 0 Å². The van der Waals surface area contributed by atoms with E-state index in [1.54, 1.807) is 0 Å². The molecule has 0 aliphatic carbocycles. The summed E-state index contributed by atoms with van der Waals surface area (Å²) < 4.78 is 0. The lowest BCUT2D eigenvalue weighted by atomic mass is 10.1. The summed E-state index contributed by atoms with van der Waals surface area (Å²) in [6.45, 7) is 0. The lowest BCUT2D eigenvalue weighted by molar-refractivity contribution is -0.137. The molecule has 1 rings (SSSR count). The summed E-state index contributed by atoms with van der Waals surface area (Å²) in [5.41, 5.74) is 0. The highest BCUT2D eigenvalue weighted by Gasteiger charge is 2.16. The smallest absolute Gasteiger partial charge is 0.515 e. The van der Waals surface area contributed by atoms with E-state index in [4.69, 9.17) is 5.11 Å². The maximum absolute atomic E-state index is 10.3. The lowest BCUT2D eigenvalue weighted by Gasteiger charge is -2.04. The van der Waals surface area contributed by atoms with Crippen LogP contribution in [0.15, 0.2) is 0 Å². The quantitative estimate of drug-likeness (QED) is 0.393. The Kier molecular flexibility index (Phi) is 4.92. The van der Waals surface area contributed by atoms with Gasteiger partial charge >= 0.3 is 5.97 Å². The molecule has 0 saturated carbocycles. The molecule has 12 heavy (non-hydrogen) atoms. The van der Waals surface area contributed by atoms with Gasteiger partial charge in [0.25, 0.3) is 0 Å². The molecule has 0 radical (unpaired) electrons. The molecule has 2 N–H and O–H groups in total. The molecule has 0 aromatic heterocycles. The van der Waals surface area contributed by atoms with Gasteiger partial charge in [-0.05, 0) is 19.3 Å². The molecule has 4 heteroatoms. The summed E-state index contributed by atoms with van der Waals surface area (Å²) in [7, 11) is 3.95. The summed E-state index contributed by atoms with van der Waals surface area (Å²) >= 11 is 0. The zero-order valence-electron chi connectivity index (χ0n) is 7.04. The fraction of sp³-hybridized carbons (Fsp3) is 0.875. The van der Waals surface area contributed by atoms with E-state index in [2.05, 4.69) is 0 Å². The molecule has 1 fully saturated rings. The molecular weight excluding hydrogens is 192 g/mol. The fourth-order valence-electron chi connectivity index (χ4n) is 1.22. The number of hydrogen-bond donors (Lipinski definition) is 0. The Morgan fingerprint density at radius 1 is 1.50 bits per heavy atom. The predicted octanol–water partition coefficient (Wildman–Crippen LogP) is 1.95. The van der Waals surface area contributed by atoms with E-state index in [1.807, 2.05) is 21.6 Å².